The van der Waals surface area contributed by atoms with Crippen LogP contribution in [-0.4, -0.2) is 0 Å². The van der Waals surface area contributed by atoms with Gasteiger partial charge in [-0.05, 0) is 42.6 Å². The number of nitrogens with one attached hydrogen (secondary N) is 1. The van der Waals surface area contributed by atoms with E-state index in [2.05, 4.69) is 78.4 Å². The van der Waals surface area contributed by atoms with Crippen LogP contribution in [0.4, 0.5) is 5.69 Å². The maximum Gasteiger partial charge on any atom is 0.0509 e. The summed E-state index contributed by atoms with van der Waals surface area (Å²) in [4.78, 5) is 1.28. The van der Waals surface area contributed by atoms with E-state index >= 15 is 0 Å². The van der Waals surface area contributed by atoms with Crippen LogP contribution < -0.4 is 4.72 Å². The minimum Gasteiger partial charge on any atom is -0.325 e. The number of aryl methyl sites for hydroxylation is 1. The van der Waals surface area contributed by atoms with Gasteiger partial charge in [-0.15, -0.1) is 11.3 Å². The number of para-hydroxylation sites is 1. The average Bonchev–Trinajstić information content (AvgIpc) is 3.02. The summed E-state index contributed by atoms with van der Waals surface area (Å²) in [5.74, 6) is 0. The number of hydrogen-bond donors (Lipinski definition) is 1. The Kier molecular flexibility index (Phi) is 5.44. The van der Waals surface area contributed by atoms with E-state index in [4.69, 9.17) is 0 Å². The van der Waals surface area contributed by atoms with Gasteiger partial charge in [-0.3, -0.25) is 0 Å². The Labute approximate surface area is 151 Å². The Morgan fingerprint density at radius 2 is 1.50 bits per heavy atom. The van der Waals surface area contributed by atoms with E-state index in [1.54, 1.807) is 11.9 Å². The molecule has 0 saturated carbocycles. The van der Waals surface area contributed by atoms with Crippen molar-refractivity contribution in [3.05, 3.63) is 72.3 Å². The van der Waals surface area contributed by atoms with Crippen molar-refractivity contribution in [2.75, 3.05) is 4.72 Å². The summed E-state index contributed by atoms with van der Waals surface area (Å²) >= 11 is 3.56. The van der Waals surface area contributed by atoms with Crippen LogP contribution in [0.5, 0.6) is 0 Å². The molecule has 3 aromatic carbocycles. The summed E-state index contributed by atoms with van der Waals surface area (Å²) in [6.07, 6.45) is 0. The van der Waals surface area contributed by atoms with Gasteiger partial charge in [-0.1, -0.05) is 62.4 Å². The van der Waals surface area contributed by atoms with Crippen LogP contribution in [0.1, 0.15) is 19.4 Å². The first-order chi connectivity index (χ1) is 11.8. The summed E-state index contributed by atoms with van der Waals surface area (Å²) in [7, 11) is 0. The van der Waals surface area contributed by atoms with Crippen molar-refractivity contribution in [3.8, 4) is 0 Å². The molecule has 0 aliphatic carbocycles. The fraction of sp³-hybridized carbons (Fsp3) is 0.143. The summed E-state index contributed by atoms with van der Waals surface area (Å²) in [6, 6.07) is 23.5. The van der Waals surface area contributed by atoms with E-state index in [0.717, 1.165) is 0 Å². The fourth-order valence-electron chi connectivity index (χ4n) is 2.60. The lowest BCUT2D eigenvalue weighted by Gasteiger charge is -2.08. The number of fused-ring (bicyclic) bond motifs is 3. The molecule has 0 unspecified atom stereocenters. The molecule has 4 rings (SSSR count). The first-order valence-electron chi connectivity index (χ1n) is 8.22. The largest absolute Gasteiger partial charge is 0.325 e. The van der Waals surface area contributed by atoms with E-state index in [-0.39, 0.29) is 0 Å². The molecular formula is C21H21NS2. The van der Waals surface area contributed by atoms with Crippen molar-refractivity contribution in [1.82, 2.24) is 0 Å². The topological polar surface area (TPSA) is 12.0 Å². The Hall–Kier alpha value is -1.97. The second-order valence-electron chi connectivity index (χ2n) is 5.25. The molecule has 0 atom stereocenters. The zero-order valence-electron chi connectivity index (χ0n) is 14.2. The third-order valence-corrected chi connectivity index (χ3v) is 6.02. The maximum absolute atomic E-state index is 3.49. The van der Waals surface area contributed by atoms with Crippen molar-refractivity contribution < 1.29 is 0 Å². The maximum atomic E-state index is 3.49. The smallest absolute Gasteiger partial charge is 0.0509 e. The molecule has 1 N–H and O–H groups in total. The van der Waals surface area contributed by atoms with Crippen LogP contribution in [0.3, 0.4) is 0 Å². The second kappa shape index (κ2) is 7.73. The molecule has 0 amide bonds. The SMILES string of the molecule is CC.Cc1ccccc1NSc1cccc2c1sc1ccccc12. The molecule has 1 heterocycles. The van der Waals surface area contributed by atoms with Gasteiger partial charge in [0.1, 0.15) is 0 Å². The number of hydrogen-bond acceptors (Lipinski definition) is 3. The molecule has 0 saturated heterocycles. The van der Waals surface area contributed by atoms with Crippen LogP contribution in [0, 0.1) is 6.92 Å². The zero-order chi connectivity index (χ0) is 16.9. The van der Waals surface area contributed by atoms with Crippen molar-refractivity contribution in [2.24, 2.45) is 0 Å². The van der Waals surface area contributed by atoms with Crippen LogP contribution >= 0.6 is 23.3 Å². The summed E-state index contributed by atoms with van der Waals surface area (Å²) in [5.41, 5.74) is 2.43. The monoisotopic (exact) mass is 351 g/mol. The van der Waals surface area contributed by atoms with Crippen LogP contribution in [0.2, 0.25) is 0 Å². The normalized spacial score (nSPS) is 10.5. The van der Waals surface area contributed by atoms with Crippen LogP contribution in [0.15, 0.2) is 71.6 Å². The zero-order valence-corrected chi connectivity index (χ0v) is 15.8. The lowest BCUT2D eigenvalue weighted by atomic mass is 10.1. The Morgan fingerprint density at radius 3 is 2.33 bits per heavy atom. The van der Waals surface area contributed by atoms with Gasteiger partial charge < -0.3 is 4.72 Å². The number of anilines is 1. The van der Waals surface area contributed by atoms with Crippen molar-refractivity contribution in [2.45, 2.75) is 25.7 Å². The lowest BCUT2D eigenvalue weighted by molar-refractivity contribution is 1.47. The lowest BCUT2D eigenvalue weighted by Crippen LogP contribution is -1.89. The van der Waals surface area contributed by atoms with Gasteiger partial charge in [-0.25, -0.2) is 0 Å². The van der Waals surface area contributed by atoms with E-state index < -0.39 is 0 Å². The van der Waals surface area contributed by atoms with Gasteiger partial charge >= 0.3 is 0 Å². The van der Waals surface area contributed by atoms with Crippen molar-refractivity contribution in [3.63, 3.8) is 0 Å². The number of benzene rings is 3. The van der Waals surface area contributed by atoms with Gasteiger partial charge in [-0.2, -0.15) is 0 Å². The highest BCUT2D eigenvalue weighted by molar-refractivity contribution is 8.01. The molecule has 1 nitrogen and oxygen atoms in total. The minimum atomic E-state index is 1.17. The fourth-order valence-corrected chi connectivity index (χ4v) is 4.76. The highest BCUT2D eigenvalue weighted by Crippen LogP contribution is 2.39. The number of rotatable bonds is 3. The van der Waals surface area contributed by atoms with Crippen LogP contribution in [0.25, 0.3) is 20.2 Å². The molecule has 122 valence electrons. The van der Waals surface area contributed by atoms with Crippen LogP contribution in [-0.2, 0) is 0 Å². The molecular weight excluding hydrogens is 330 g/mol. The molecule has 24 heavy (non-hydrogen) atoms. The number of thiophene rings is 1. The summed E-state index contributed by atoms with van der Waals surface area (Å²) in [5, 5.41) is 2.69. The van der Waals surface area contributed by atoms with E-state index in [1.807, 2.05) is 25.2 Å². The Bertz CT molecular complexity index is 956. The molecule has 0 bridgehead atoms. The van der Waals surface area contributed by atoms with Gasteiger partial charge in [0.15, 0.2) is 0 Å². The standard InChI is InChI=1S/C19H15NS2.C2H6/c1-13-7-2-4-10-16(13)20-22-18-12-6-9-15-14-8-3-5-11-17(14)21-19(15)18;1-2/h2-12,20H,1H3;1-2H3. The average molecular weight is 352 g/mol. The van der Waals surface area contributed by atoms with Crippen molar-refractivity contribution in [1.29, 1.82) is 0 Å². The molecule has 0 aliphatic rings. The third kappa shape index (κ3) is 3.28. The molecule has 3 heteroatoms. The van der Waals surface area contributed by atoms with E-state index in [0.29, 0.717) is 0 Å². The Morgan fingerprint density at radius 1 is 0.792 bits per heavy atom. The molecule has 0 spiro atoms. The van der Waals surface area contributed by atoms with Gasteiger partial charge in [0.2, 0.25) is 0 Å². The summed E-state index contributed by atoms with van der Waals surface area (Å²) in [6.45, 7) is 6.13. The van der Waals surface area contributed by atoms with E-state index in [9.17, 15) is 0 Å². The molecule has 1 aromatic heterocycles. The molecule has 0 radical (unpaired) electrons. The minimum absolute atomic E-state index is 1.17. The van der Waals surface area contributed by atoms with E-state index in [1.165, 1.54) is 36.3 Å². The van der Waals surface area contributed by atoms with Gasteiger partial charge in [0, 0.05) is 26.1 Å². The molecule has 0 fully saturated rings. The van der Waals surface area contributed by atoms with Gasteiger partial charge in [0.05, 0.1) is 4.70 Å². The molecule has 4 aromatic rings. The highest BCUT2D eigenvalue weighted by atomic mass is 32.2. The highest BCUT2D eigenvalue weighted by Gasteiger charge is 2.09. The molecule has 0 aliphatic heterocycles. The first-order valence-corrected chi connectivity index (χ1v) is 9.85. The third-order valence-electron chi connectivity index (χ3n) is 3.78. The predicted octanol–water partition coefficient (Wildman–Crippen LogP) is 7.51. The first kappa shape index (κ1) is 16.9. The van der Waals surface area contributed by atoms with Crippen molar-refractivity contribution >= 4 is 49.1 Å². The predicted molar refractivity (Wildman–Crippen MR) is 111 cm³/mol. The van der Waals surface area contributed by atoms with Gasteiger partial charge in [0.25, 0.3) is 0 Å². The second-order valence-corrected chi connectivity index (χ2v) is 7.15. The Balaban J connectivity index is 0.000000815. The quantitative estimate of drug-likeness (QED) is 0.383. The summed E-state index contributed by atoms with van der Waals surface area (Å²) < 4.78 is 6.19.